The van der Waals surface area contributed by atoms with Crippen molar-refractivity contribution in [3.05, 3.63) is 162 Å². The van der Waals surface area contributed by atoms with Crippen LogP contribution < -0.4 is 34.0 Å². The van der Waals surface area contributed by atoms with E-state index in [9.17, 15) is 0 Å². The van der Waals surface area contributed by atoms with E-state index < -0.39 is 0 Å². The minimum Gasteiger partial charge on any atom is -0.457 e. The zero-order chi connectivity index (χ0) is 47.9. The summed E-state index contributed by atoms with van der Waals surface area (Å²) in [5, 5.41) is 3.93. The largest absolute Gasteiger partial charge is 0.457 e. The summed E-state index contributed by atoms with van der Waals surface area (Å²) >= 11 is 3.56. The van der Waals surface area contributed by atoms with Gasteiger partial charge in [0, 0.05) is 161 Å². The van der Waals surface area contributed by atoms with Crippen molar-refractivity contribution in [1.29, 1.82) is 0 Å². The Morgan fingerprint density at radius 1 is 0.420 bits per heavy atom. The lowest BCUT2D eigenvalue weighted by atomic mass is 9.99. The molecule has 4 aromatic carbocycles. The van der Waals surface area contributed by atoms with Gasteiger partial charge in [0.25, 0.3) is 0 Å². The van der Waals surface area contributed by atoms with E-state index in [0.29, 0.717) is 11.3 Å². The lowest BCUT2D eigenvalue weighted by Crippen LogP contribution is -2.18. The number of nitrogens with zero attached hydrogens (tertiary/aromatic N) is 11. The molecule has 2 aliphatic heterocycles. The first-order valence-electron chi connectivity index (χ1n) is 22.5. The van der Waals surface area contributed by atoms with Crippen LogP contribution in [0.3, 0.4) is 0 Å². The molecule has 0 N–H and O–H groups in total. The standard InChI is InChI=1S/C27H24N6O.C17H20N2O.C11H6BrN3/c1-31(2)17-9-11-21-23(15-17)34-24-16-18(32(3)4)10-12-22(24)33(21)25-19-7-5-13-28-26(19)30-27-20(25)8-6-14-29-27;1-18(2)14-7-5-12-9-13-6-8-15(19(3)4)11-17(13)20-16(12)10-14;12-9-7-3-1-5-13-10(7)15-11-8(9)4-2-6-14-11/h5-16H,1-4H3;5-8,10-11H,9H2,1-4H3;1-6H. The highest BCUT2D eigenvalue weighted by Gasteiger charge is 2.30. The lowest BCUT2D eigenvalue weighted by molar-refractivity contribution is 0.460. The molecule has 8 heterocycles. The number of aromatic nitrogens is 6. The molecule has 0 atom stereocenters. The zero-order valence-corrected chi connectivity index (χ0v) is 41.3. The SMILES string of the molecule is Brc1c2cccnc2nc2ncccc12.CN(C)c1ccc2c(c1)Oc1cc(N(C)C)ccc1C2.CN(C)c1ccc2c(c1)Oc1cc(N(C)C)ccc1N2c1c2cccnc2nc2ncccc12. The first kappa shape index (κ1) is 44.7. The van der Waals surface area contributed by atoms with Crippen LogP contribution in [0.25, 0.3) is 44.1 Å². The van der Waals surface area contributed by atoms with E-state index in [1.165, 1.54) is 11.1 Å². The summed E-state index contributed by atoms with van der Waals surface area (Å²) in [4.78, 5) is 37.2. The molecule has 13 nitrogen and oxygen atoms in total. The maximum atomic E-state index is 6.49. The van der Waals surface area contributed by atoms with Crippen LogP contribution >= 0.6 is 15.9 Å². The Balaban J connectivity index is 0.000000133. The first-order valence-corrected chi connectivity index (χ1v) is 23.2. The van der Waals surface area contributed by atoms with Crippen molar-refractivity contribution in [2.24, 2.45) is 0 Å². The molecule has 2 aliphatic rings. The smallest absolute Gasteiger partial charge is 0.163 e. The summed E-state index contributed by atoms with van der Waals surface area (Å²) < 4.78 is 13.6. The fraction of sp³-hybridized carbons (Fsp3) is 0.164. The van der Waals surface area contributed by atoms with E-state index in [4.69, 9.17) is 14.5 Å². The topological polar surface area (TPSA) is 112 Å². The van der Waals surface area contributed by atoms with Crippen LogP contribution in [-0.2, 0) is 6.42 Å². The number of halogens is 1. The van der Waals surface area contributed by atoms with E-state index >= 15 is 0 Å². The van der Waals surface area contributed by atoms with Gasteiger partial charge in [-0.15, -0.1) is 0 Å². The lowest BCUT2D eigenvalue weighted by Gasteiger charge is -2.35. The maximum Gasteiger partial charge on any atom is 0.163 e. The number of hydrogen-bond acceptors (Lipinski definition) is 13. The Morgan fingerprint density at radius 3 is 1.14 bits per heavy atom. The number of rotatable bonds is 5. The molecule has 0 unspecified atom stereocenters. The molecule has 0 bridgehead atoms. The maximum absolute atomic E-state index is 6.49. The molecule has 0 saturated carbocycles. The third-order valence-corrected chi connectivity index (χ3v) is 13.0. The summed E-state index contributed by atoms with van der Waals surface area (Å²) in [6.45, 7) is 0. The third kappa shape index (κ3) is 8.70. The number of ether oxygens (including phenoxy) is 2. The van der Waals surface area contributed by atoms with Crippen LogP contribution in [0, 0.1) is 0 Å². The van der Waals surface area contributed by atoms with Crippen LogP contribution in [0.5, 0.6) is 23.0 Å². The van der Waals surface area contributed by atoms with Crippen molar-refractivity contribution in [2.45, 2.75) is 6.42 Å². The summed E-state index contributed by atoms with van der Waals surface area (Å²) in [7, 11) is 16.3. The highest BCUT2D eigenvalue weighted by molar-refractivity contribution is 9.10. The molecule has 0 radical (unpaired) electrons. The fourth-order valence-corrected chi connectivity index (χ4v) is 9.04. The number of pyridine rings is 6. The van der Waals surface area contributed by atoms with E-state index in [0.717, 1.165) is 107 Å². The third-order valence-electron chi connectivity index (χ3n) is 12.1. The summed E-state index contributed by atoms with van der Waals surface area (Å²) in [5.41, 5.74) is 12.6. The molecule has 0 spiro atoms. The molecule has 0 amide bonds. The zero-order valence-electron chi connectivity index (χ0n) is 39.7. The van der Waals surface area contributed by atoms with Crippen molar-refractivity contribution in [1.82, 2.24) is 29.9 Å². The Labute approximate surface area is 409 Å². The Morgan fingerprint density at radius 2 is 0.754 bits per heavy atom. The minimum atomic E-state index is 0.660. The number of fused-ring (bicyclic) bond motifs is 8. The molecule has 10 aromatic rings. The number of hydrogen-bond donors (Lipinski definition) is 0. The molecule has 6 aromatic heterocycles. The molecule has 12 rings (SSSR count). The van der Waals surface area contributed by atoms with Gasteiger partial charge in [0.1, 0.15) is 11.5 Å². The van der Waals surface area contributed by atoms with Crippen LogP contribution in [0.15, 0.2) is 151 Å². The molecular weight excluding hydrogens is 927 g/mol. The molecule has 0 aliphatic carbocycles. The summed E-state index contributed by atoms with van der Waals surface area (Å²) in [6.07, 6.45) is 7.93. The van der Waals surface area contributed by atoms with Crippen LogP contribution in [0.4, 0.5) is 39.8 Å². The van der Waals surface area contributed by atoms with Gasteiger partial charge in [-0.25, -0.2) is 29.9 Å². The Kier molecular flexibility index (Phi) is 12.0. The van der Waals surface area contributed by atoms with Gasteiger partial charge in [0.15, 0.2) is 34.1 Å². The van der Waals surface area contributed by atoms with E-state index in [-0.39, 0.29) is 0 Å². The van der Waals surface area contributed by atoms with Gasteiger partial charge in [0.05, 0.1) is 17.1 Å². The molecule has 0 fully saturated rings. The minimum absolute atomic E-state index is 0.660. The molecule has 344 valence electrons. The summed E-state index contributed by atoms with van der Waals surface area (Å²) in [6, 6.07) is 41.2. The van der Waals surface area contributed by atoms with Gasteiger partial charge < -0.3 is 34.0 Å². The van der Waals surface area contributed by atoms with Gasteiger partial charge in [-0.2, -0.15) is 0 Å². The number of anilines is 7. The predicted octanol–water partition coefficient (Wildman–Crippen LogP) is 12.3. The van der Waals surface area contributed by atoms with E-state index in [2.05, 4.69) is 150 Å². The van der Waals surface area contributed by atoms with Crippen LogP contribution in [0.1, 0.15) is 11.1 Å². The van der Waals surface area contributed by atoms with Crippen molar-refractivity contribution < 1.29 is 9.47 Å². The van der Waals surface area contributed by atoms with Gasteiger partial charge in [-0.3, -0.25) is 0 Å². The fourth-order valence-electron chi connectivity index (χ4n) is 8.42. The quantitative estimate of drug-likeness (QED) is 0.153. The predicted molar refractivity (Wildman–Crippen MR) is 285 cm³/mol. The average Bonchev–Trinajstić information content (AvgIpc) is 3.36. The highest BCUT2D eigenvalue weighted by Crippen LogP contribution is 2.54. The molecule has 14 heteroatoms. The van der Waals surface area contributed by atoms with Gasteiger partial charge in [-0.1, -0.05) is 12.1 Å². The average molecular weight is 977 g/mol. The van der Waals surface area contributed by atoms with Crippen molar-refractivity contribution in [3.63, 3.8) is 0 Å². The van der Waals surface area contributed by atoms with Crippen molar-refractivity contribution in [3.8, 4) is 23.0 Å². The van der Waals surface area contributed by atoms with E-state index in [1.54, 1.807) is 24.8 Å². The Bertz CT molecular complexity index is 3340. The molecular formula is C55H50BrN11O2. The number of benzene rings is 4. The second kappa shape index (κ2) is 18.5. The summed E-state index contributed by atoms with van der Waals surface area (Å²) in [5.74, 6) is 3.53. The Hall–Kier alpha value is -8.10. The first-order chi connectivity index (χ1) is 33.4. The highest BCUT2D eigenvalue weighted by atomic mass is 79.9. The van der Waals surface area contributed by atoms with E-state index in [1.807, 2.05) is 92.8 Å². The van der Waals surface area contributed by atoms with Gasteiger partial charge >= 0.3 is 0 Å². The molecule has 69 heavy (non-hydrogen) atoms. The van der Waals surface area contributed by atoms with Gasteiger partial charge in [-0.05, 0) is 112 Å². The molecule has 0 saturated heterocycles. The monoisotopic (exact) mass is 975 g/mol. The normalized spacial score (nSPS) is 12.0. The van der Waals surface area contributed by atoms with Crippen molar-refractivity contribution >= 4 is 99.9 Å². The van der Waals surface area contributed by atoms with Crippen LogP contribution in [-0.4, -0.2) is 86.3 Å². The van der Waals surface area contributed by atoms with Crippen molar-refractivity contribution in [2.75, 3.05) is 80.9 Å². The van der Waals surface area contributed by atoms with Crippen LogP contribution in [0.2, 0.25) is 0 Å². The van der Waals surface area contributed by atoms with Gasteiger partial charge in [0.2, 0.25) is 0 Å². The second-order valence-electron chi connectivity index (χ2n) is 17.6. The second-order valence-corrected chi connectivity index (χ2v) is 18.4.